The van der Waals surface area contributed by atoms with E-state index in [-0.39, 0.29) is 18.3 Å². The molecule has 6 nitrogen and oxygen atoms in total. The van der Waals surface area contributed by atoms with Crippen LogP contribution < -0.4 is 10.1 Å². The van der Waals surface area contributed by atoms with Gasteiger partial charge in [-0.2, -0.15) is 12.6 Å². The van der Waals surface area contributed by atoms with Gasteiger partial charge in [0.05, 0.1) is 12.7 Å². The summed E-state index contributed by atoms with van der Waals surface area (Å²) in [5, 5.41) is 2.66. The predicted molar refractivity (Wildman–Crippen MR) is 87.0 cm³/mol. The number of carbonyl (C=O) groups excluding carboxylic acids is 2. The Hall–Kier alpha value is -2.41. The van der Waals surface area contributed by atoms with Crippen molar-refractivity contribution in [3.05, 3.63) is 53.5 Å². The summed E-state index contributed by atoms with van der Waals surface area (Å²) in [5.41, 5.74) is 0.445. The number of ether oxygens (including phenoxy) is 2. The molecule has 23 heavy (non-hydrogen) atoms. The third kappa shape index (κ3) is 4.79. The largest absolute Gasteiger partial charge is 0.486 e. The zero-order valence-electron chi connectivity index (χ0n) is 12.6. The van der Waals surface area contributed by atoms with Crippen molar-refractivity contribution in [2.24, 2.45) is 0 Å². The number of amides is 1. The number of carbonyl (C=O) groups is 2. The Balaban J connectivity index is 1.90. The molecule has 2 aromatic rings. The van der Waals surface area contributed by atoms with Crippen LogP contribution in [0, 0.1) is 0 Å². The highest BCUT2D eigenvalue weighted by Crippen LogP contribution is 2.16. The van der Waals surface area contributed by atoms with Crippen molar-refractivity contribution in [2.75, 3.05) is 19.4 Å². The van der Waals surface area contributed by atoms with E-state index in [4.69, 9.17) is 9.15 Å². The SMILES string of the molecule is COC(=O)c1ccc(OCc2ccc(C(=O)NCCS)o2)cc1. The molecule has 0 saturated carbocycles. The van der Waals surface area contributed by atoms with Crippen molar-refractivity contribution in [3.63, 3.8) is 0 Å². The third-order valence-electron chi connectivity index (χ3n) is 2.94. The van der Waals surface area contributed by atoms with Gasteiger partial charge in [0.1, 0.15) is 18.1 Å². The van der Waals surface area contributed by atoms with Crippen LogP contribution in [0.25, 0.3) is 0 Å². The normalized spacial score (nSPS) is 10.2. The average molecular weight is 335 g/mol. The van der Waals surface area contributed by atoms with Gasteiger partial charge in [0.25, 0.3) is 5.91 Å². The number of hydrogen-bond donors (Lipinski definition) is 2. The van der Waals surface area contributed by atoms with Gasteiger partial charge in [-0.15, -0.1) is 0 Å². The molecular formula is C16H17NO5S. The summed E-state index contributed by atoms with van der Waals surface area (Å²) in [6, 6.07) is 9.82. The van der Waals surface area contributed by atoms with Gasteiger partial charge < -0.3 is 19.2 Å². The minimum absolute atomic E-state index is 0.178. The van der Waals surface area contributed by atoms with E-state index in [0.29, 0.717) is 29.4 Å². The van der Waals surface area contributed by atoms with Crippen molar-refractivity contribution in [2.45, 2.75) is 6.61 Å². The first-order valence-electron chi connectivity index (χ1n) is 6.93. The third-order valence-corrected chi connectivity index (χ3v) is 3.16. The summed E-state index contributed by atoms with van der Waals surface area (Å²) in [7, 11) is 1.33. The maximum absolute atomic E-state index is 11.7. The van der Waals surface area contributed by atoms with Crippen LogP contribution in [0.1, 0.15) is 26.7 Å². The molecule has 1 N–H and O–H groups in total. The van der Waals surface area contributed by atoms with Crippen LogP contribution in [-0.4, -0.2) is 31.3 Å². The maximum Gasteiger partial charge on any atom is 0.337 e. The molecular weight excluding hydrogens is 318 g/mol. The van der Waals surface area contributed by atoms with E-state index < -0.39 is 5.97 Å². The van der Waals surface area contributed by atoms with Crippen LogP contribution in [0.2, 0.25) is 0 Å². The number of thiol groups is 1. The Kier molecular flexibility index (Phi) is 6.10. The van der Waals surface area contributed by atoms with Crippen LogP contribution in [0.3, 0.4) is 0 Å². The second-order valence-electron chi connectivity index (χ2n) is 4.55. The lowest BCUT2D eigenvalue weighted by Gasteiger charge is -2.05. The van der Waals surface area contributed by atoms with Gasteiger partial charge in [0, 0.05) is 12.3 Å². The lowest BCUT2D eigenvalue weighted by atomic mass is 10.2. The van der Waals surface area contributed by atoms with E-state index in [9.17, 15) is 9.59 Å². The molecule has 0 bridgehead atoms. The van der Waals surface area contributed by atoms with Crippen molar-refractivity contribution < 1.29 is 23.5 Å². The number of furan rings is 1. The molecule has 0 spiro atoms. The zero-order valence-corrected chi connectivity index (χ0v) is 13.5. The van der Waals surface area contributed by atoms with Crippen molar-refractivity contribution in [1.29, 1.82) is 0 Å². The Morgan fingerprint density at radius 3 is 2.57 bits per heavy atom. The summed E-state index contributed by atoms with van der Waals surface area (Å²) in [6.45, 7) is 0.651. The van der Waals surface area contributed by atoms with Gasteiger partial charge in [-0.3, -0.25) is 4.79 Å². The van der Waals surface area contributed by atoms with Gasteiger partial charge in [-0.05, 0) is 36.4 Å². The monoisotopic (exact) mass is 335 g/mol. The van der Waals surface area contributed by atoms with Gasteiger partial charge in [0.15, 0.2) is 5.76 Å². The standard InChI is InChI=1S/C16H17NO5S/c1-20-16(19)11-2-4-12(5-3-11)21-10-13-6-7-14(22-13)15(18)17-8-9-23/h2-7,23H,8-10H2,1H3,(H,17,18). The molecule has 1 amide bonds. The Morgan fingerprint density at radius 2 is 1.91 bits per heavy atom. The summed E-state index contributed by atoms with van der Waals surface area (Å²) in [4.78, 5) is 23.0. The molecule has 1 aromatic heterocycles. The molecule has 0 aliphatic heterocycles. The molecule has 0 aliphatic rings. The Morgan fingerprint density at radius 1 is 1.17 bits per heavy atom. The smallest absolute Gasteiger partial charge is 0.337 e. The lowest BCUT2D eigenvalue weighted by molar-refractivity contribution is 0.0600. The van der Waals surface area contributed by atoms with Crippen LogP contribution in [-0.2, 0) is 11.3 Å². The Bertz CT molecular complexity index is 665. The van der Waals surface area contributed by atoms with Crippen molar-refractivity contribution in [1.82, 2.24) is 5.32 Å². The number of benzene rings is 1. The molecule has 1 heterocycles. The van der Waals surface area contributed by atoms with E-state index in [0.717, 1.165) is 0 Å². The fourth-order valence-electron chi connectivity index (χ4n) is 1.79. The van der Waals surface area contributed by atoms with Crippen LogP contribution in [0.15, 0.2) is 40.8 Å². The molecule has 2 rings (SSSR count). The van der Waals surface area contributed by atoms with Gasteiger partial charge in [-0.1, -0.05) is 0 Å². The fourth-order valence-corrected chi connectivity index (χ4v) is 1.91. The first-order valence-corrected chi connectivity index (χ1v) is 7.56. The van der Waals surface area contributed by atoms with Crippen LogP contribution >= 0.6 is 12.6 Å². The number of rotatable bonds is 7. The summed E-state index contributed by atoms with van der Waals surface area (Å²) in [5.74, 6) is 1.20. The minimum Gasteiger partial charge on any atom is -0.486 e. The number of hydrogen-bond acceptors (Lipinski definition) is 6. The van der Waals surface area contributed by atoms with Gasteiger partial charge in [-0.25, -0.2) is 4.79 Å². The van der Waals surface area contributed by atoms with E-state index in [1.165, 1.54) is 7.11 Å². The molecule has 1 aromatic carbocycles. The topological polar surface area (TPSA) is 77.8 Å². The van der Waals surface area contributed by atoms with Crippen molar-refractivity contribution >= 4 is 24.5 Å². The quantitative estimate of drug-likeness (QED) is 0.600. The molecule has 7 heteroatoms. The Labute approximate surface area is 139 Å². The molecule has 0 radical (unpaired) electrons. The second kappa shape index (κ2) is 8.28. The van der Waals surface area contributed by atoms with Gasteiger partial charge >= 0.3 is 5.97 Å². The summed E-state index contributed by atoms with van der Waals surface area (Å²) >= 11 is 4.02. The molecule has 122 valence electrons. The lowest BCUT2D eigenvalue weighted by Crippen LogP contribution is -2.24. The van der Waals surface area contributed by atoms with Crippen molar-refractivity contribution in [3.8, 4) is 5.75 Å². The van der Waals surface area contributed by atoms with Crippen LogP contribution in [0.5, 0.6) is 5.75 Å². The molecule has 0 unspecified atom stereocenters. The highest BCUT2D eigenvalue weighted by Gasteiger charge is 2.11. The van der Waals surface area contributed by atoms with Gasteiger partial charge in [0.2, 0.25) is 0 Å². The fraction of sp³-hybridized carbons (Fsp3) is 0.250. The highest BCUT2D eigenvalue weighted by molar-refractivity contribution is 7.80. The molecule has 0 atom stereocenters. The molecule has 0 fully saturated rings. The summed E-state index contributed by atoms with van der Waals surface area (Å²) < 4.78 is 15.6. The van der Waals surface area contributed by atoms with Crippen LogP contribution in [0.4, 0.5) is 0 Å². The highest BCUT2D eigenvalue weighted by atomic mass is 32.1. The number of esters is 1. The first-order chi connectivity index (χ1) is 11.1. The molecule has 0 saturated heterocycles. The summed E-state index contributed by atoms with van der Waals surface area (Å²) in [6.07, 6.45) is 0. The number of nitrogens with one attached hydrogen (secondary N) is 1. The average Bonchev–Trinajstić information content (AvgIpc) is 3.06. The van der Waals surface area contributed by atoms with E-state index in [1.54, 1.807) is 36.4 Å². The molecule has 0 aliphatic carbocycles. The van der Waals surface area contributed by atoms with E-state index >= 15 is 0 Å². The van der Waals surface area contributed by atoms with E-state index in [2.05, 4.69) is 22.7 Å². The maximum atomic E-state index is 11.7. The predicted octanol–water partition coefficient (Wildman–Crippen LogP) is 2.30. The zero-order chi connectivity index (χ0) is 16.7. The first kappa shape index (κ1) is 17.0. The second-order valence-corrected chi connectivity index (χ2v) is 5.00. The van der Waals surface area contributed by atoms with E-state index in [1.807, 2.05) is 0 Å². The minimum atomic E-state index is -0.403. The number of methoxy groups -OCH3 is 1.